The molecule has 0 aromatic carbocycles. The van der Waals surface area contributed by atoms with Crippen LogP contribution in [0.15, 0.2) is 0 Å². The van der Waals surface area contributed by atoms with Gasteiger partial charge in [0.25, 0.3) is 0 Å². The van der Waals surface area contributed by atoms with E-state index < -0.39 is 6.04 Å². The number of nitrogens with two attached hydrogens (primary N) is 1. The molecule has 2 bridgehead atoms. The van der Waals surface area contributed by atoms with Crippen molar-refractivity contribution in [2.24, 2.45) is 11.7 Å². The minimum Gasteiger partial charge on any atom is -0.340 e. The zero-order chi connectivity index (χ0) is 14.5. The third-order valence-electron chi connectivity index (χ3n) is 4.84. The molecule has 20 heavy (non-hydrogen) atoms. The van der Waals surface area contributed by atoms with Crippen LogP contribution < -0.4 is 5.73 Å². The van der Waals surface area contributed by atoms with E-state index in [9.17, 15) is 4.79 Å². The number of piperidine rings is 3. The van der Waals surface area contributed by atoms with E-state index in [1.807, 2.05) is 11.9 Å². The minimum atomic E-state index is -0.408. The van der Waals surface area contributed by atoms with Crippen molar-refractivity contribution in [3.8, 4) is 6.07 Å². The molecule has 5 nitrogen and oxygen atoms in total. The Morgan fingerprint density at radius 1 is 1.45 bits per heavy atom. The number of nitriles is 1. The maximum Gasteiger partial charge on any atom is 0.239 e. The molecule has 3 aliphatic rings. The quantitative estimate of drug-likeness (QED) is 0.734. The van der Waals surface area contributed by atoms with Gasteiger partial charge in [0.1, 0.15) is 0 Å². The number of hydrogen-bond acceptors (Lipinski definition) is 4. The molecule has 1 amide bonds. The second kappa shape index (κ2) is 7.05. The highest BCUT2D eigenvalue weighted by atomic mass is 16.2. The number of fused-ring (bicyclic) bond motifs is 3. The Bertz CT molecular complexity index is 371. The number of likely N-dealkylation sites (N-methyl/N-ethyl adjacent to an activating group) is 1. The molecule has 0 aromatic rings. The molecule has 0 saturated carbocycles. The Labute approximate surface area is 121 Å². The van der Waals surface area contributed by atoms with Gasteiger partial charge < -0.3 is 15.5 Å². The van der Waals surface area contributed by atoms with E-state index in [-0.39, 0.29) is 5.91 Å². The summed E-state index contributed by atoms with van der Waals surface area (Å²) in [6, 6.07) is 2.06. The molecule has 3 fully saturated rings. The van der Waals surface area contributed by atoms with Gasteiger partial charge in [-0.25, -0.2) is 0 Å². The monoisotopic (exact) mass is 278 g/mol. The van der Waals surface area contributed by atoms with Gasteiger partial charge in [-0.3, -0.25) is 4.79 Å². The first kappa shape index (κ1) is 15.3. The molecule has 2 N–H and O–H groups in total. The number of carbonyl (C=O) groups excluding carboxylic acids is 1. The van der Waals surface area contributed by atoms with Crippen LogP contribution in [0.2, 0.25) is 0 Å². The smallest absolute Gasteiger partial charge is 0.239 e. The van der Waals surface area contributed by atoms with Crippen LogP contribution in [0.1, 0.15) is 38.5 Å². The Kier molecular flexibility index (Phi) is 5.38. The van der Waals surface area contributed by atoms with Gasteiger partial charge in [0.2, 0.25) is 5.91 Å². The van der Waals surface area contributed by atoms with Crippen LogP contribution in [0.25, 0.3) is 0 Å². The van der Waals surface area contributed by atoms with E-state index in [2.05, 4.69) is 11.0 Å². The lowest BCUT2D eigenvalue weighted by molar-refractivity contribution is -0.137. The topological polar surface area (TPSA) is 73.4 Å². The number of carbonyl (C=O) groups is 1. The number of unbranched alkanes of at least 4 members (excludes halogenated alkanes) is 2. The minimum absolute atomic E-state index is 0.0701. The van der Waals surface area contributed by atoms with E-state index in [0.717, 1.165) is 19.4 Å². The second-order valence-corrected chi connectivity index (χ2v) is 6.16. The van der Waals surface area contributed by atoms with Gasteiger partial charge in [-0.05, 0) is 44.7 Å². The van der Waals surface area contributed by atoms with Crippen LogP contribution in [0.3, 0.4) is 0 Å². The third-order valence-corrected chi connectivity index (χ3v) is 4.84. The molecule has 0 spiro atoms. The lowest BCUT2D eigenvalue weighted by atomic mass is 9.83. The fourth-order valence-corrected chi connectivity index (χ4v) is 3.49. The highest BCUT2D eigenvalue weighted by Crippen LogP contribution is 2.30. The number of hydrogen-bond donors (Lipinski definition) is 1. The van der Waals surface area contributed by atoms with E-state index in [1.165, 1.54) is 25.9 Å². The first-order valence-corrected chi connectivity index (χ1v) is 7.75. The molecule has 5 heteroatoms. The summed E-state index contributed by atoms with van der Waals surface area (Å²) >= 11 is 0. The second-order valence-electron chi connectivity index (χ2n) is 6.16. The van der Waals surface area contributed by atoms with Crippen LogP contribution in [-0.2, 0) is 4.79 Å². The fourth-order valence-electron chi connectivity index (χ4n) is 3.49. The average Bonchev–Trinajstić information content (AvgIpc) is 2.51. The van der Waals surface area contributed by atoms with Gasteiger partial charge in [0.05, 0.1) is 12.1 Å². The summed E-state index contributed by atoms with van der Waals surface area (Å²) in [4.78, 5) is 16.7. The maximum absolute atomic E-state index is 12.4. The molecule has 2 unspecified atom stereocenters. The molecule has 2 atom stereocenters. The summed E-state index contributed by atoms with van der Waals surface area (Å²) in [5.41, 5.74) is 6.02. The summed E-state index contributed by atoms with van der Waals surface area (Å²) in [5.74, 6) is 0.723. The standard InChI is InChI=1S/C15H26N4O/c1-18(14-11-19-9-6-12(14)7-10-19)15(20)13(17)5-3-2-4-8-16/h12-14H,2-7,9-11,17H2,1H3. The third kappa shape index (κ3) is 3.50. The Hall–Kier alpha value is -1.12. The van der Waals surface area contributed by atoms with Crippen LogP contribution in [-0.4, -0.2) is 54.5 Å². The van der Waals surface area contributed by atoms with Crippen molar-refractivity contribution in [2.45, 2.75) is 50.6 Å². The molecule has 0 aliphatic carbocycles. The average molecular weight is 278 g/mol. The van der Waals surface area contributed by atoms with Gasteiger partial charge in [-0.1, -0.05) is 6.42 Å². The predicted octanol–water partition coefficient (Wildman–Crippen LogP) is 0.950. The Balaban J connectivity index is 1.80. The lowest BCUT2D eigenvalue weighted by Gasteiger charge is -2.48. The fraction of sp³-hybridized carbons (Fsp3) is 0.867. The predicted molar refractivity (Wildman–Crippen MR) is 77.8 cm³/mol. The molecular formula is C15H26N4O. The number of nitrogens with zero attached hydrogens (tertiary/aromatic N) is 3. The van der Waals surface area contributed by atoms with Crippen LogP contribution in [0.4, 0.5) is 0 Å². The van der Waals surface area contributed by atoms with Crippen molar-refractivity contribution in [2.75, 3.05) is 26.7 Å². The van der Waals surface area contributed by atoms with Gasteiger partial charge in [0, 0.05) is 26.1 Å². The number of amides is 1. The summed E-state index contributed by atoms with van der Waals surface area (Å²) in [6.45, 7) is 3.38. The van der Waals surface area contributed by atoms with Crippen molar-refractivity contribution in [1.29, 1.82) is 5.26 Å². The first-order chi connectivity index (χ1) is 9.63. The normalized spacial score (nSPS) is 29.8. The van der Waals surface area contributed by atoms with Crippen molar-refractivity contribution in [1.82, 2.24) is 9.80 Å². The van der Waals surface area contributed by atoms with Crippen molar-refractivity contribution in [3.63, 3.8) is 0 Å². The van der Waals surface area contributed by atoms with Crippen molar-refractivity contribution < 1.29 is 4.79 Å². The number of rotatable bonds is 6. The lowest BCUT2D eigenvalue weighted by Crippen LogP contribution is -2.59. The van der Waals surface area contributed by atoms with E-state index in [1.54, 1.807) is 0 Å². The molecule has 0 radical (unpaired) electrons. The Morgan fingerprint density at radius 3 is 2.70 bits per heavy atom. The summed E-state index contributed by atoms with van der Waals surface area (Å²) < 4.78 is 0. The largest absolute Gasteiger partial charge is 0.340 e. The Morgan fingerprint density at radius 2 is 2.15 bits per heavy atom. The van der Waals surface area contributed by atoms with Crippen molar-refractivity contribution >= 4 is 5.91 Å². The van der Waals surface area contributed by atoms with Gasteiger partial charge in [0.15, 0.2) is 0 Å². The van der Waals surface area contributed by atoms with Crippen molar-refractivity contribution in [3.05, 3.63) is 0 Å². The van der Waals surface area contributed by atoms with Crippen LogP contribution >= 0.6 is 0 Å². The van der Waals surface area contributed by atoms with Gasteiger partial charge >= 0.3 is 0 Å². The molecule has 112 valence electrons. The highest BCUT2D eigenvalue weighted by Gasteiger charge is 2.38. The van der Waals surface area contributed by atoms with Crippen LogP contribution in [0.5, 0.6) is 0 Å². The van der Waals surface area contributed by atoms with Crippen LogP contribution in [0, 0.1) is 17.2 Å². The highest BCUT2D eigenvalue weighted by molar-refractivity contribution is 5.81. The molecule has 3 rings (SSSR count). The molecular weight excluding hydrogens is 252 g/mol. The van der Waals surface area contributed by atoms with Gasteiger partial charge in [-0.2, -0.15) is 5.26 Å². The van der Waals surface area contributed by atoms with E-state index >= 15 is 0 Å². The van der Waals surface area contributed by atoms with E-state index in [0.29, 0.717) is 24.8 Å². The zero-order valence-corrected chi connectivity index (χ0v) is 12.4. The summed E-state index contributed by atoms with van der Waals surface area (Å²) in [6.07, 6.45) is 5.34. The molecule has 0 aromatic heterocycles. The van der Waals surface area contributed by atoms with Gasteiger partial charge in [-0.15, -0.1) is 0 Å². The first-order valence-electron chi connectivity index (χ1n) is 7.75. The SMILES string of the molecule is CN(C(=O)C(N)CCCCC#N)C1CN2CCC1CC2. The van der Waals surface area contributed by atoms with E-state index in [4.69, 9.17) is 11.0 Å². The maximum atomic E-state index is 12.4. The zero-order valence-electron chi connectivity index (χ0n) is 12.4. The molecule has 3 saturated heterocycles. The molecule has 3 heterocycles. The summed E-state index contributed by atoms with van der Waals surface area (Å²) in [7, 11) is 1.91. The summed E-state index contributed by atoms with van der Waals surface area (Å²) in [5, 5.41) is 8.50. The molecule has 3 aliphatic heterocycles.